The van der Waals surface area contributed by atoms with Gasteiger partial charge in [-0.2, -0.15) is 4.98 Å². The minimum absolute atomic E-state index is 0.00996. The molecule has 0 spiro atoms. The molecule has 3 rings (SSSR count). The smallest absolute Gasteiger partial charge is 0.225 e. The molecule has 31 heavy (non-hydrogen) atoms. The minimum atomic E-state index is -0.00996. The molecule has 0 aliphatic heterocycles. The number of carbonyl (C=O) groups is 1. The Morgan fingerprint density at radius 2 is 1.77 bits per heavy atom. The van der Waals surface area contributed by atoms with Crippen LogP contribution < -0.4 is 10.2 Å². The second-order valence-corrected chi connectivity index (χ2v) is 8.08. The lowest BCUT2D eigenvalue weighted by Gasteiger charge is -2.32. The zero-order chi connectivity index (χ0) is 22.4. The molecule has 3 aromatic rings. The average Bonchev–Trinajstić information content (AvgIpc) is 2.77. The first kappa shape index (κ1) is 22.4. The van der Waals surface area contributed by atoms with Crippen molar-refractivity contribution in [1.29, 1.82) is 0 Å². The van der Waals surface area contributed by atoms with E-state index in [9.17, 15) is 4.79 Å². The molecule has 1 aromatic carbocycles. The zero-order valence-electron chi connectivity index (χ0n) is 18.9. The molecule has 0 radical (unpaired) electrons. The number of nitrogens with one attached hydrogen (secondary N) is 1. The van der Waals surface area contributed by atoms with Crippen LogP contribution in [0.5, 0.6) is 0 Å². The number of pyridine rings is 1. The van der Waals surface area contributed by atoms with Crippen molar-refractivity contribution in [2.45, 2.75) is 53.1 Å². The van der Waals surface area contributed by atoms with Crippen molar-refractivity contribution >= 4 is 17.7 Å². The Morgan fingerprint density at radius 3 is 2.35 bits per heavy atom. The summed E-state index contributed by atoms with van der Waals surface area (Å²) in [6.07, 6.45) is 6.20. The highest BCUT2D eigenvalue weighted by Crippen LogP contribution is 2.25. The number of hydrogen-bond acceptors (Lipinski definition) is 5. The second-order valence-electron chi connectivity index (χ2n) is 8.08. The van der Waals surface area contributed by atoms with E-state index in [0.29, 0.717) is 17.7 Å². The lowest BCUT2D eigenvalue weighted by molar-refractivity contribution is -0.117. The van der Waals surface area contributed by atoms with Gasteiger partial charge in [0.05, 0.1) is 6.04 Å². The molecule has 0 saturated carbocycles. The van der Waals surface area contributed by atoms with Crippen LogP contribution in [0.3, 0.4) is 0 Å². The van der Waals surface area contributed by atoms with Crippen LogP contribution in [-0.4, -0.2) is 26.9 Å². The number of carbonyl (C=O) groups excluding carboxylic acids is 1. The Hall–Kier alpha value is -3.28. The fraction of sp³-hybridized carbons (Fsp3) is 0.360. The average molecular weight is 418 g/mol. The van der Waals surface area contributed by atoms with Crippen LogP contribution in [0.2, 0.25) is 0 Å². The van der Waals surface area contributed by atoms with Gasteiger partial charge in [0.15, 0.2) is 0 Å². The van der Waals surface area contributed by atoms with Gasteiger partial charge >= 0.3 is 0 Å². The quantitative estimate of drug-likeness (QED) is 0.524. The molecule has 0 aliphatic carbocycles. The van der Waals surface area contributed by atoms with Gasteiger partial charge in [-0.3, -0.25) is 14.7 Å². The molecular formula is C25H31N5O. The Kier molecular flexibility index (Phi) is 7.34. The maximum absolute atomic E-state index is 12.4. The number of rotatable bonds is 8. The van der Waals surface area contributed by atoms with E-state index in [1.807, 2.05) is 18.3 Å². The first-order chi connectivity index (χ1) is 14.9. The molecule has 0 fully saturated rings. The molecule has 162 valence electrons. The maximum Gasteiger partial charge on any atom is 0.225 e. The Balaban J connectivity index is 1.77. The van der Waals surface area contributed by atoms with Gasteiger partial charge in [0.1, 0.15) is 5.82 Å². The van der Waals surface area contributed by atoms with Gasteiger partial charge in [0.2, 0.25) is 11.9 Å². The van der Waals surface area contributed by atoms with E-state index in [0.717, 1.165) is 23.1 Å². The van der Waals surface area contributed by atoms with Crippen LogP contribution in [0.4, 0.5) is 11.8 Å². The molecule has 2 aromatic heterocycles. The van der Waals surface area contributed by atoms with Crippen molar-refractivity contribution < 1.29 is 4.79 Å². The van der Waals surface area contributed by atoms with Crippen molar-refractivity contribution in [1.82, 2.24) is 15.0 Å². The molecule has 1 unspecified atom stereocenters. The van der Waals surface area contributed by atoms with Gasteiger partial charge in [-0.25, -0.2) is 4.98 Å². The van der Waals surface area contributed by atoms with Gasteiger partial charge in [-0.1, -0.05) is 51.1 Å². The summed E-state index contributed by atoms with van der Waals surface area (Å²) in [6.45, 7) is 10.0. The molecule has 1 N–H and O–H groups in total. The molecule has 6 nitrogen and oxygen atoms in total. The van der Waals surface area contributed by atoms with Gasteiger partial charge in [0, 0.05) is 31.6 Å². The third kappa shape index (κ3) is 5.45. The third-order valence-corrected chi connectivity index (χ3v) is 5.50. The minimum Gasteiger partial charge on any atom is -0.348 e. The summed E-state index contributed by atoms with van der Waals surface area (Å²) in [4.78, 5) is 27.4. The summed E-state index contributed by atoms with van der Waals surface area (Å²) >= 11 is 0. The number of amides is 1. The highest BCUT2D eigenvalue weighted by atomic mass is 16.2. The molecule has 0 bridgehead atoms. The molecule has 0 aliphatic rings. The van der Waals surface area contributed by atoms with E-state index in [-0.39, 0.29) is 18.0 Å². The van der Waals surface area contributed by atoms with Crippen LogP contribution in [-0.2, 0) is 4.79 Å². The topological polar surface area (TPSA) is 71.0 Å². The Morgan fingerprint density at radius 1 is 1.03 bits per heavy atom. The first-order valence-electron chi connectivity index (χ1n) is 10.8. The van der Waals surface area contributed by atoms with E-state index in [1.54, 1.807) is 30.3 Å². The van der Waals surface area contributed by atoms with E-state index in [2.05, 4.69) is 72.2 Å². The number of nitrogens with zero attached hydrogens (tertiary/aromatic N) is 4. The normalized spacial score (nSPS) is 13.0. The number of hydrogen-bond donors (Lipinski definition) is 1. The number of aromatic nitrogens is 3. The third-order valence-electron chi connectivity index (χ3n) is 5.50. The van der Waals surface area contributed by atoms with Crippen LogP contribution in [0, 0.1) is 5.92 Å². The summed E-state index contributed by atoms with van der Waals surface area (Å²) in [6, 6.07) is 14.3. The van der Waals surface area contributed by atoms with Crippen molar-refractivity contribution in [2.24, 2.45) is 5.92 Å². The fourth-order valence-electron chi connectivity index (χ4n) is 3.84. The lowest BCUT2D eigenvalue weighted by Crippen LogP contribution is -2.42. The molecule has 1 amide bonds. The summed E-state index contributed by atoms with van der Waals surface area (Å²) in [5, 5.41) is 3.37. The van der Waals surface area contributed by atoms with Gasteiger partial charge in [-0.15, -0.1) is 0 Å². The second kappa shape index (κ2) is 10.2. The predicted molar refractivity (Wildman–Crippen MR) is 126 cm³/mol. The summed E-state index contributed by atoms with van der Waals surface area (Å²) in [7, 11) is 0. The van der Waals surface area contributed by atoms with Crippen LogP contribution in [0.15, 0.2) is 61.1 Å². The van der Waals surface area contributed by atoms with Crippen molar-refractivity contribution in [3.05, 3.63) is 66.6 Å². The molecule has 2 atom stereocenters. The Labute approximate surface area is 184 Å². The zero-order valence-corrected chi connectivity index (χ0v) is 18.9. The highest BCUT2D eigenvalue weighted by molar-refractivity contribution is 5.91. The van der Waals surface area contributed by atoms with Crippen LogP contribution in [0.1, 0.15) is 52.6 Å². The largest absolute Gasteiger partial charge is 0.348 e. The predicted octanol–water partition coefficient (Wildman–Crippen LogP) is 5.50. The van der Waals surface area contributed by atoms with Gasteiger partial charge < -0.3 is 5.32 Å². The van der Waals surface area contributed by atoms with Crippen molar-refractivity contribution in [3.8, 4) is 11.1 Å². The van der Waals surface area contributed by atoms with E-state index in [4.69, 9.17) is 0 Å². The SMILES string of the molecule is CC[C@H](C(C)C)N(C(C)=O)c1ccnc(NC(C)c2ccc(-c3cccnc3)cc2)n1. The standard InChI is InChI=1S/C25H31N5O/c1-6-23(17(2)3)30(19(5)31)24-13-15-27-25(29-24)28-18(4)20-9-11-21(12-10-20)22-8-7-14-26-16-22/h7-18,23H,6H2,1-5H3,(H,27,28,29)/t18?,23-/m1/s1. The van der Waals surface area contributed by atoms with Crippen LogP contribution in [0.25, 0.3) is 11.1 Å². The van der Waals surface area contributed by atoms with E-state index >= 15 is 0 Å². The first-order valence-corrected chi connectivity index (χ1v) is 10.8. The van der Waals surface area contributed by atoms with Gasteiger partial charge in [0.25, 0.3) is 0 Å². The lowest BCUT2D eigenvalue weighted by atomic mass is 10.00. The number of benzene rings is 1. The summed E-state index contributed by atoms with van der Waals surface area (Å²) < 4.78 is 0. The monoisotopic (exact) mass is 417 g/mol. The number of anilines is 2. The van der Waals surface area contributed by atoms with Crippen LogP contribution >= 0.6 is 0 Å². The molecule has 0 saturated heterocycles. The summed E-state index contributed by atoms with van der Waals surface area (Å²) in [5.41, 5.74) is 3.34. The summed E-state index contributed by atoms with van der Waals surface area (Å²) in [5.74, 6) is 1.46. The fourth-order valence-corrected chi connectivity index (χ4v) is 3.84. The maximum atomic E-state index is 12.4. The van der Waals surface area contributed by atoms with Crippen molar-refractivity contribution in [2.75, 3.05) is 10.2 Å². The molecular weight excluding hydrogens is 386 g/mol. The van der Waals surface area contributed by atoms with E-state index in [1.165, 1.54) is 0 Å². The molecule has 6 heteroatoms. The van der Waals surface area contributed by atoms with Gasteiger partial charge in [-0.05, 0) is 48.1 Å². The van der Waals surface area contributed by atoms with E-state index < -0.39 is 0 Å². The molecule has 2 heterocycles. The highest BCUT2D eigenvalue weighted by Gasteiger charge is 2.25. The Bertz CT molecular complexity index is 988. The van der Waals surface area contributed by atoms with Crippen molar-refractivity contribution in [3.63, 3.8) is 0 Å².